The molecule has 0 bridgehead atoms. The maximum Gasteiger partial charge on any atom is 0.340 e. The molecule has 0 N–H and O–H groups in total. The summed E-state index contributed by atoms with van der Waals surface area (Å²) >= 11 is 0. The van der Waals surface area contributed by atoms with E-state index in [2.05, 4.69) is 0 Å². The summed E-state index contributed by atoms with van der Waals surface area (Å²) in [6.07, 6.45) is 0. The maximum absolute atomic E-state index is 12.3. The molecule has 0 spiro atoms. The van der Waals surface area contributed by atoms with Gasteiger partial charge < -0.3 is 13.9 Å². The Balaban J connectivity index is 2.10. The lowest BCUT2D eigenvalue weighted by Gasteiger charge is -2.07. The summed E-state index contributed by atoms with van der Waals surface area (Å²) in [6, 6.07) is 17.5. The Morgan fingerprint density at radius 2 is 1.24 bits per heavy atom. The van der Waals surface area contributed by atoms with Gasteiger partial charge in [0.2, 0.25) is 0 Å². The number of carbonyl (C=O) groups excluding carboxylic acids is 2. The lowest BCUT2D eigenvalue weighted by molar-refractivity contribution is 0.0559. The van der Waals surface area contributed by atoms with Crippen LogP contribution in [0.1, 0.15) is 20.7 Å². The summed E-state index contributed by atoms with van der Waals surface area (Å²) in [6.45, 7) is 0. The molecule has 0 aliphatic carbocycles. The van der Waals surface area contributed by atoms with E-state index < -0.39 is 11.9 Å². The first kappa shape index (κ1) is 15.2. The van der Waals surface area contributed by atoms with E-state index >= 15 is 0 Å². The van der Waals surface area contributed by atoms with Crippen molar-refractivity contribution >= 4 is 28.5 Å². The zero-order valence-electron chi connectivity index (χ0n) is 13.8. The molecule has 3 aromatic heterocycles. The molecule has 124 valence electrons. The summed E-state index contributed by atoms with van der Waals surface area (Å²) in [4.78, 5) is 24.6. The molecule has 5 heteroatoms. The second-order valence-corrected chi connectivity index (χ2v) is 5.67. The van der Waals surface area contributed by atoms with Crippen molar-refractivity contribution in [1.29, 1.82) is 0 Å². The molecule has 0 aliphatic rings. The van der Waals surface area contributed by atoms with Crippen molar-refractivity contribution in [2.75, 3.05) is 14.2 Å². The van der Waals surface area contributed by atoms with Gasteiger partial charge in [0.15, 0.2) is 0 Å². The molecule has 0 saturated carbocycles. The molecule has 0 unspecified atom stereocenters. The highest BCUT2D eigenvalue weighted by molar-refractivity contribution is 6.15. The predicted molar refractivity (Wildman–Crippen MR) is 94.2 cm³/mol. The van der Waals surface area contributed by atoms with Crippen LogP contribution >= 0.6 is 0 Å². The number of carbonyl (C=O) groups is 2. The zero-order valence-corrected chi connectivity index (χ0v) is 13.8. The quantitative estimate of drug-likeness (QED) is 0.536. The fourth-order valence-electron chi connectivity index (χ4n) is 3.35. The van der Waals surface area contributed by atoms with E-state index in [9.17, 15) is 9.59 Å². The molecule has 0 radical (unpaired) electrons. The van der Waals surface area contributed by atoms with Crippen LogP contribution < -0.4 is 0 Å². The number of rotatable bonds is 3. The minimum absolute atomic E-state index is 0.231. The number of esters is 2. The third kappa shape index (κ3) is 2.09. The third-order valence-electron chi connectivity index (χ3n) is 4.43. The molecular formula is C20H15NO4. The van der Waals surface area contributed by atoms with E-state index in [0.717, 1.165) is 16.6 Å². The Kier molecular flexibility index (Phi) is 3.42. The number of ether oxygens (including phenoxy) is 2. The van der Waals surface area contributed by atoms with Gasteiger partial charge in [-0.3, -0.25) is 0 Å². The van der Waals surface area contributed by atoms with Crippen molar-refractivity contribution in [1.82, 2.24) is 4.40 Å². The molecule has 25 heavy (non-hydrogen) atoms. The Hall–Kier alpha value is -3.34. The fraction of sp³-hybridized carbons (Fsp3) is 0.100. The summed E-state index contributed by atoms with van der Waals surface area (Å²) in [5.74, 6) is -1.12. The van der Waals surface area contributed by atoms with E-state index in [0.29, 0.717) is 11.0 Å². The van der Waals surface area contributed by atoms with Gasteiger partial charge in [0.25, 0.3) is 0 Å². The molecule has 0 fully saturated rings. The second kappa shape index (κ2) is 5.63. The summed E-state index contributed by atoms with van der Waals surface area (Å²) in [5, 5.41) is 0. The van der Waals surface area contributed by atoms with Gasteiger partial charge in [-0.05, 0) is 23.8 Å². The summed E-state index contributed by atoms with van der Waals surface area (Å²) in [7, 11) is 2.60. The third-order valence-corrected chi connectivity index (χ3v) is 4.43. The number of benzene rings is 1. The van der Waals surface area contributed by atoms with Crippen LogP contribution in [-0.4, -0.2) is 30.6 Å². The molecular weight excluding hydrogens is 318 g/mol. The number of aromatic nitrogens is 1. The Labute approximate surface area is 143 Å². The Bertz CT molecular complexity index is 1080. The number of hydrogen-bond acceptors (Lipinski definition) is 4. The van der Waals surface area contributed by atoms with Gasteiger partial charge in [-0.15, -0.1) is 0 Å². The number of hydrogen-bond donors (Lipinski definition) is 0. The molecule has 3 heterocycles. The van der Waals surface area contributed by atoms with Crippen LogP contribution in [0.4, 0.5) is 0 Å². The molecule has 4 aromatic rings. The minimum atomic E-state index is -0.558. The molecule has 0 saturated heterocycles. The summed E-state index contributed by atoms with van der Waals surface area (Å²) < 4.78 is 11.7. The van der Waals surface area contributed by atoms with Crippen molar-refractivity contribution in [3.05, 3.63) is 65.7 Å². The van der Waals surface area contributed by atoms with Crippen LogP contribution in [0.5, 0.6) is 0 Å². The minimum Gasteiger partial charge on any atom is -0.465 e. The number of nitrogens with zero attached hydrogens (tertiary/aromatic N) is 1. The first-order valence-electron chi connectivity index (χ1n) is 7.79. The average molecular weight is 333 g/mol. The second-order valence-electron chi connectivity index (χ2n) is 5.67. The van der Waals surface area contributed by atoms with Gasteiger partial charge in [-0.1, -0.05) is 36.4 Å². The molecule has 0 amide bonds. The zero-order chi connectivity index (χ0) is 17.6. The molecule has 0 atom stereocenters. The van der Waals surface area contributed by atoms with E-state index in [-0.39, 0.29) is 11.1 Å². The average Bonchev–Trinajstić information content (AvgIpc) is 3.23. The van der Waals surface area contributed by atoms with Crippen LogP contribution in [0.15, 0.2) is 54.6 Å². The summed E-state index contributed by atoms with van der Waals surface area (Å²) in [5.41, 5.74) is 4.72. The monoisotopic (exact) mass is 333 g/mol. The Morgan fingerprint density at radius 1 is 0.720 bits per heavy atom. The highest BCUT2D eigenvalue weighted by Gasteiger charge is 2.29. The van der Waals surface area contributed by atoms with Gasteiger partial charge >= 0.3 is 11.9 Å². The van der Waals surface area contributed by atoms with Crippen LogP contribution in [0, 0.1) is 0 Å². The van der Waals surface area contributed by atoms with E-state index in [1.54, 1.807) is 0 Å². The predicted octanol–water partition coefficient (Wildman–Crippen LogP) is 3.77. The first-order valence-corrected chi connectivity index (χ1v) is 7.79. The molecule has 4 rings (SSSR count). The van der Waals surface area contributed by atoms with E-state index in [1.807, 2.05) is 59.0 Å². The van der Waals surface area contributed by atoms with Crippen molar-refractivity contribution in [3.63, 3.8) is 0 Å². The first-order chi connectivity index (χ1) is 12.2. The normalized spacial score (nSPS) is 11.1. The molecule has 1 aromatic carbocycles. The van der Waals surface area contributed by atoms with Gasteiger partial charge in [0.05, 0.1) is 30.8 Å². The van der Waals surface area contributed by atoms with E-state index in [1.165, 1.54) is 14.2 Å². The van der Waals surface area contributed by atoms with Crippen molar-refractivity contribution in [2.45, 2.75) is 0 Å². The maximum atomic E-state index is 12.3. The van der Waals surface area contributed by atoms with Crippen LogP contribution in [0.3, 0.4) is 0 Å². The fourth-order valence-corrected chi connectivity index (χ4v) is 3.35. The molecule has 0 aliphatic heterocycles. The molecule has 5 nitrogen and oxygen atoms in total. The van der Waals surface area contributed by atoms with Gasteiger partial charge in [-0.25, -0.2) is 9.59 Å². The SMILES string of the molecule is COC(=O)c1c(C(=O)OC)c2ccc3c(-c4ccccc4)ccc1n32. The largest absolute Gasteiger partial charge is 0.465 e. The highest BCUT2D eigenvalue weighted by Crippen LogP contribution is 2.35. The Morgan fingerprint density at radius 3 is 1.80 bits per heavy atom. The van der Waals surface area contributed by atoms with Crippen molar-refractivity contribution in [3.8, 4) is 11.1 Å². The van der Waals surface area contributed by atoms with Crippen LogP contribution in [-0.2, 0) is 9.47 Å². The standard InChI is InChI=1S/C20H15NO4/c1-24-19(22)17-15-9-8-13(12-6-4-3-5-7-12)14-10-11-16(21(14)15)18(17)20(23)25-2/h3-11H,1-2H3. The van der Waals surface area contributed by atoms with Gasteiger partial charge in [0.1, 0.15) is 11.1 Å². The lowest BCUT2D eigenvalue weighted by atomic mass is 10.0. The smallest absolute Gasteiger partial charge is 0.340 e. The van der Waals surface area contributed by atoms with E-state index in [4.69, 9.17) is 9.47 Å². The van der Waals surface area contributed by atoms with Crippen molar-refractivity contribution < 1.29 is 19.1 Å². The highest BCUT2D eigenvalue weighted by atomic mass is 16.5. The number of pyridine rings is 1. The van der Waals surface area contributed by atoms with Gasteiger partial charge in [0, 0.05) is 5.56 Å². The van der Waals surface area contributed by atoms with Crippen LogP contribution in [0.2, 0.25) is 0 Å². The number of methoxy groups -OCH3 is 2. The topological polar surface area (TPSA) is 57.0 Å². The van der Waals surface area contributed by atoms with Crippen LogP contribution in [0.25, 0.3) is 27.7 Å². The van der Waals surface area contributed by atoms with Gasteiger partial charge in [-0.2, -0.15) is 0 Å². The van der Waals surface area contributed by atoms with Crippen molar-refractivity contribution in [2.24, 2.45) is 0 Å². The lowest BCUT2D eigenvalue weighted by Crippen LogP contribution is -2.09.